The number of amides is 1. The van der Waals surface area contributed by atoms with Gasteiger partial charge in [0.25, 0.3) is 5.91 Å². The van der Waals surface area contributed by atoms with Crippen molar-refractivity contribution in [3.8, 4) is 11.5 Å². The van der Waals surface area contributed by atoms with Crippen LogP contribution in [0.1, 0.15) is 15.9 Å². The maximum Gasteiger partial charge on any atom is 0.339 e. The predicted octanol–water partition coefficient (Wildman–Crippen LogP) is 5.38. The van der Waals surface area contributed by atoms with Crippen LogP contribution < -0.4 is 9.61 Å². The van der Waals surface area contributed by atoms with Crippen molar-refractivity contribution < 1.29 is 22.5 Å². The van der Waals surface area contributed by atoms with E-state index in [4.69, 9.17) is 27.4 Å². The van der Waals surface area contributed by atoms with Gasteiger partial charge in [-0.2, -0.15) is 13.5 Å². The number of carbonyl (C=O) groups is 1. The highest BCUT2D eigenvalue weighted by Crippen LogP contribution is 2.30. The second-order valence-corrected chi connectivity index (χ2v) is 9.45. The van der Waals surface area contributed by atoms with Gasteiger partial charge in [0, 0.05) is 21.5 Å². The van der Waals surface area contributed by atoms with Gasteiger partial charge < -0.3 is 9.29 Å². The molecule has 0 fully saturated rings. The van der Waals surface area contributed by atoms with Gasteiger partial charge >= 0.3 is 10.1 Å². The van der Waals surface area contributed by atoms with Crippen LogP contribution in [-0.4, -0.2) is 25.6 Å². The summed E-state index contributed by atoms with van der Waals surface area (Å²) in [4.78, 5) is 12.2. The van der Waals surface area contributed by atoms with E-state index in [1.165, 1.54) is 54.7 Å². The number of hydrogen-bond donors (Lipinski definition) is 2. The molecule has 0 aliphatic heterocycles. The van der Waals surface area contributed by atoms with Crippen LogP contribution in [0, 0.1) is 0 Å². The van der Waals surface area contributed by atoms with E-state index in [-0.39, 0.29) is 27.0 Å². The first kappa shape index (κ1) is 23.6. The minimum absolute atomic E-state index is 0.0244. The second kappa shape index (κ2) is 9.72. The summed E-state index contributed by atoms with van der Waals surface area (Å²) in [7, 11) is -4.08. The summed E-state index contributed by atoms with van der Waals surface area (Å²) in [6.45, 7) is 0. The van der Waals surface area contributed by atoms with Crippen molar-refractivity contribution in [3.05, 3.63) is 100 Å². The Balaban J connectivity index is 1.58. The lowest BCUT2D eigenvalue weighted by Crippen LogP contribution is -2.17. The number of halogens is 2. The van der Waals surface area contributed by atoms with E-state index in [9.17, 15) is 18.3 Å². The summed E-state index contributed by atoms with van der Waals surface area (Å²) in [5.74, 6) is -0.504. The van der Waals surface area contributed by atoms with Crippen LogP contribution in [-0.2, 0) is 10.1 Å². The minimum atomic E-state index is -4.08. The van der Waals surface area contributed by atoms with Crippen molar-refractivity contribution in [1.82, 2.24) is 5.43 Å². The van der Waals surface area contributed by atoms with E-state index in [1.807, 2.05) is 0 Å². The second-order valence-electron chi connectivity index (χ2n) is 7.06. The van der Waals surface area contributed by atoms with Gasteiger partial charge in [-0.1, -0.05) is 47.5 Å². The lowest BCUT2D eigenvalue weighted by Gasteiger charge is -2.11. The molecule has 4 rings (SSSR count). The van der Waals surface area contributed by atoms with E-state index < -0.39 is 16.0 Å². The monoisotopic (exact) mass is 514 g/mol. The molecular weight excluding hydrogens is 499 g/mol. The van der Waals surface area contributed by atoms with Gasteiger partial charge in [-0.25, -0.2) is 5.43 Å². The molecule has 0 aliphatic carbocycles. The van der Waals surface area contributed by atoms with Crippen LogP contribution in [0.25, 0.3) is 10.8 Å². The van der Waals surface area contributed by atoms with E-state index >= 15 is 0 Å². The maximum atomic E-state index is 12.7. The molecule has 0 unspecified atom stereocenters. The number of benzene rings is 4. The number of hydrazone groups is 1. The van der Waals surface area contributed by atoms with Crippen LogP contribution in [0.5, 0.6) is 11.5 Å². The van der Waals surface area contributed by atoms with E-state index in [0.717, 1.165) is 0 Å². The van der Waals surface area contributed by atoms with E-state index in [0.29, 0.717) is 21.4 Å². The zero-order chi connectivity index (χ0) is 24.3. The Morgan fingerprint density at radius 2 is 1.65 bits per heavy atom. The average molecular weight is 515 g/mol. The third-order valence-electron chi connectivity index (χ3n) is 4.80. The molecule has 0 bridgehead atoms. The molecule has 0 spiro atoms. The molecule has 0 saturated heterocycles. The van der Waals surface area contributed by atoms with Crippen LogP contribution >= 0.6 is 23.2 Å². The highest BCUT2D eigenvalue weighted by Gasteiger charge is 2.18. The van der Waals surface area contributed by atoms with E-state index in [2.05, 4.69) is 10.5 Å². The normalized spacial score (nSPS) is 11.6. The molecule has 34 heavy (non-hydrogen) atoms. The molecular formula is C24H16Cl2N2O5S. The van der Waals surface area contributed by atoms with Crippen molar-refractivity contribution in [2.75, 3.05) is 0 Å². The molecule has 1 amide bonds. The quantitative estimate of drug-likeness (QED) is 0.204. The molecule has 0 saturated carbocycles. The number of hydrogen-bond acceptors (Lipinski definition) is 6. The first-order chi connectivity index (χ1) is 16.2. The van der Waals surface area contributed by atoms with Crippen molar-refractivity contribution in [1.29, 1.82) is 0 Å². The summed E-state index contributed by atoms with van der Waals surface area (Å²) in [6.07, 6.45) is 1.43. The molecule has 4 aromatic rings. The first-order valence-corrected chi connectivity index (χ1v) is 11.9. The molecule has 0 heterocycles. The Hall–Kier alpha value is -3.59. The number of fused-ring (bicyclic) bond motifs is 1. The number of nitrogens with one attached hydrogen (secondary N) is 1. The smallest absolute Gasteiger partial charge is 0.339 e. The van der Waals surface area contributed by atoms with Gasteiger partial charge in [0.15, 0.2) is 5.75 Å². The fourth-order valence-electron chi connectivity index (χ4n) is 3.12. The number of nitrogens with zero attached hydrogens (tertiary/aromatic N) is 1. The molecule has 0 aliphatic rings. The molecule has 0 atom stereocenters. The summed E-state index contributed by atoms with van der Waals surface area (Å²) in [5, 5.41) is 15.1. The maximum absolute atomic E-state index is 12.7. The number of phenolic OH excluding ortho intramolecular Hbond substituents is 1. The first-order valence-electron chi connectivity index (χ1n) is 9.78. The Labute approximate surface area is 205 Å². The lowest BCUT2D eigenvalue weighted by atomic mass is 10.0. The Morgan fingerprint density at radius 3 is 2.35 bits per heavy atom. The van der Waals surface area contributed by atoms with Crippen LogP contribution in [0.2, 0.25) is 10.0 Å². The third kappa shape index (κ3) is 5.14. The van der Waals surface area contributed by atoms with E-state index in [1.54, 1.807) is 30.3 Å². The molecule has 2 N–H and O–H groups in total. The Bertz CT molecular complexity index is 1520. The number of aromatic hydroxyl groups is 1. The van der Waals surface area contributed by atoms with Gasteiger partial charge in [0.1, 0.15) is 10.6 Å². The molecule has 0 aromatic heterocycles. The summed E-state index contributed by atoms with van der Waals surface area (Å²) in [5.41, 5.74) is 3.23. The minimum Gasteiger partial charge on any atom is -0.506 e. The third-order valence-corrected chi connectivity index (χ3v) is 6.60. The zero-order valence-corrected chi connectivity index (χ0v) is 19.6. The average Bonchev–Trinajstić information content (AvgIpc) is 2.82. The Kier molecular flexibility index (Phi) is 6.74. The highest BCUT2D eigenvalue weighted by atomic mass is 35.5. The van der Waals surface area contributed by atoms with Gasteiger partial charge in [-0.3, -0.25) is 4.79 Å². The largest absolute Gasteiger partial charge is 0.506 e. The standard InChI is InChI=1S/C24H16Cl2N2O5S/c25-17-7-9-18(10-8-17)34(31,32)33-23-12-6-16(19-3-1-2-4-20(19)23)14-27-28-24(30)15-5-11-22(29)21(26)13-15/h1-14,29H,(H,28,30). The summed E-state index contributed by atoms with van der Waals surface area (Å²) >= 11 is 11.7. The predicted molar refractivity (Wildman–Crippen MR) is 131 cm³/mol. The van der Waals surface area contributed by atoms with Crippen molar-refractivity contribution in [2.45, 2.75) is 4.90 Å². The van der Waals surface area contributed by atoms with Gasteiger partial charge in [-0.05, 0) is 60.0 Å². The Morgan fingerprint density at radius 1 is 0.941 bits per heavy atom. The van der Waals surface area contributed by atoms with Crippen molar-refractivity contribution in [3.63, 3.8) is 0 Å². The van der Waals surface area contributed by atoms with Crippen LogP contribution in [0.4, 0.5) is 0 Å². The molecule has 0 radical (unpaired) electrons. The molecule has 4 aromatic carbocycles. The van der Waals surface area contributed by atoms with Crippen molar-refractivity contribution >= 4 is 56.2 Å². The topological polar surface area (TPSA) is 105 Å². The number of phenols is 1. The summed E-state index contributed by atoms with van der Waals surface area (Å²) in [6, 6.07) is 19.9. The SMILES string of the molecule is O=C(NN=Cc1ccc(OS(=O)(=O)c2ccc(Cl)cc2)c2ccccc12)c1ccc(O)c(Cl)c1. The number of rotatable bonds is 6. The van der Waals surface area contributed by atoms with Gasteiger partial charge in [-0.15, -0.1) is 0 Å². The van der Waals surface area contributed by atoms with Gasteiger partial charge in [0.2, 0.25) is 0 Å². The van der Waals surface area contributed by atoms with Crippen molar-refractivity contribution in [2.24, 2.45) is 5.10 Å². The fourth-order valence-corrected chi connectivity index (χ4v) is 4.37. The molecule has 172 valence electrons. The summed E-state index contributed by atoms with van der Waals surface area (Å²) < 4.78 is 30.8. The lowest BCUT2D eigenvalue weighted by molar-refractivity contribution is 0.0955. The van der Waals surface area contributed by atoms with Gasteiger partial charge in [0.05, 0.1) is 11.2 Å². The number of carbonyl (C=O) groups excluding carboxylic acids is 1. The zero-order valence-electron chi connectivity index (χ0n) is 17.3. The molecule has 7 nitrogen and oxygen atoms in total. The van der Waals surface area contributed by atoms with Crippen LogP contribution in [0.3, 0.4) is 0 Å². The highest BCUT2D eigenvalue weighted by molar-refractivity contribution is 7.87. The van der Waals surface area contributed by atoms with Crippen LogP contribution in [0.15, 0.2) is 88.9 Å². The molecule has 10 heteroatoms. The fraction of sp³-hybridized carbons (Fsp3) is 0.